The molecule has 2 nitrogen and oxygen atoms in total. The first-order chi connectivity index (χ1) is 31.3. The third-order valence-corrected chi connectivity index (χ3v) is 13.1. The lowest BCUT2D eigenvalue weighted by molar-refractivity contribution is 0.789. The van der Waals surface area contributed by atoms with Crippen LogP contribution in [-0.4, -0.2) is 12.8 Å². The van der Waals surface area contributed by atoms with Gasteiger partial charge in [0, 0.05) is 28.3 Å². The second kappa shape index (κ2) is 15.5. The van der Waals surface area contributed by atoms with Crippen LogP contribution in [0.5, 0.6) is 0 Å². The van der Waals surface area contributed by atoms with Crippen LogP contribution in [0.15, 0.2) is 243 Å². The summed E-state index contributed by atoms with van der Waals surface area (Å²) in [5.74, 6) is 0. The van der Waals surface area contributed by atoms with Crippen molar-refractivity contribution in [1.29, 1.82) is 0 Å². The van der Waals surface area contributed by atoms with Crippen molar-refractivity contribution in [2.24, 2.45) is 0 Å². The normalized spacial score (nSPS) is 14.7. The molecule has 9 aromatic carbocycles. The lowest BCUT2D eigenvalue weighted by atomic mass is 9.33. The molecule has 3 heteroatoms. The third-order valence-electron chi connectivity index (χ3n) is 13.1. The summed E-state index contributed by atoms with van der Waals surface area (Å²) in [6.07, 6.45) is 8.06. The Morgan fingerprint density at radius 1 is 0.365 bits per heavy atom. The van der Waals surface area contributed by atoms with Crippen molar-refractivity contribution in [3.63, 3.8) is 0 Å². The summed E-state index contributed by atoms with van der Waals surface area (Å²) in [6.45, 7) is -0.00689. The summed E-state index contributed by atoms with van der Waals surface area (Å²) in [5.41, 5.74) is 22.1. The van der Waals surface area contributed by atoms with Crippen LogP contribution in [0.1, 0.15) is 12.0 Å². The van der Waals surface area contributed by atoms with Crippen molar-refractivity contribution in [2.45, 2.75) is 12.5 Å². The van der Waals surface area contributed by atoms with Crippen molar-refractivity contribution in [3.8, 4) is 44.5 Å². The highest BCUT2D eigenvalue weighted by molar-refractivity contribution is 7.00. The summed E-state index contributed by atoms with van der Waals surface area (Å²) >= 11 is 0. The summed E-state index contributed by atoms with van der Waals surface area (Å²) < 4.78 is 0. The van der Waals surface area contributed by atoms with Crippen LogP contribution >= 0.6 is 0 Å². The van der Waals surface area contributed by atoms with E-state index >= 15 is 0 Å². The van der Waals surface area contributed by atoms with Crippen LogP contribution in [0.3, 0.4) is 0 Å². The minimum Gasteiger partial charge on any atom is -0.335 e. The molecule has 2 heterocycles. The molecule has 0 saturated carbocycles. The predicted octanol–water partition coefficient (Wildman–Crippen LogP) is 13.5. The minimum absolute atomic E-state index is 0.00689. The monoisotopic (exact) mass is 802 g/mol. The molecule has 0 spiro atoms. The van der Waals surface area contributed by atoms with Gasteiger partial charge >= 0.3 is 0 Å². The molecule has 9 aromatic rings. The van der Waals surface area contributed by atoms with Gasteiger partial charge in [0.05, 0.1) is 11.7 Å². The van der Waals surface area contributed by atoms with E-state index in [0.717, 1.165) is 12.1 Å². The van der Waals surface area contributed by atoms with Gasteiger partial charge in [-0.2, -0.15) is 0 Å². The molecule has 3 aliphatic rings. The Bertz CT molecular complexity index is 3200. The molecule has 63 heavy (non-hydrogen) atoms. The Morgan fingerprint density at radius 3 is 1.46 bits per heavy atom. The van der Waals surface area contributed by atoms with Gasteiger partial charge in [-0.05, 0) is 103 Å². The first kappa shape index (κ1) is 36.9. The van der Waals surface area contributed by atoms with Gasteiger partial charge in [0.2, 0.25) is 0 Å². The number of para-hydroxylation sites is 1. The number of hydrogen-bond acceptors (Lipinski definition) is 2. The highest BCUT2D eigenvalue weighted by atomic mass is 15.2. The molecule has 2 aliphatic heterocycles. The molecule has 1 atom stereocenters. The second-order valence-corrected chi connectivity index (χ2v) is 16.8. The lowest BCUT2D eigenvalue weighted by Gasteiger charge is -2.47. The van der Waals surface area contributed by atoms with Crippen LogP contribution < -0.4 is 26.2 Å². The van der Waals surface area contributed by atoms with Gasteiger partial charge in [0.15, 0.2) is 0 Å². The highest BCUT2D eigenvalue weighted by Crippen LogP contribution is 2.48. The van der Waals surface area contributed by atoms with Gasteiger partial charge in [-0.25, -0.2) is 0 Å². The molecule has 12 rings (SSSR count). The number of fused-ring (bicyclic) bond motifs is 4. The topological polar surface area (TPSA) is 6.48 Å². The molecule has 1 aliphatic carbocycles. The van der Waals surface area contributed by atoms with Crippen molar-refractivity contribution in [3.05, 3.63) is 248 Å². The molecule has 0 bridgehead atoms. The molecule has 296 valence electrons. The molecule has 1 unspecified atom stereocenters. The van der Waals surface area contributed by atoms with Crippen molar-refractivity contribution in [2.75, 3.05) is 9.80 Å². The quantitative estimate of drug-likeness (QED) is 0.148. The maximum Gasteiger partial charge on any atom is 0.252 e. The maximum absolute atomic E-state index is 2.68. The number of rotatable bonds is 7. The zero-order valence-electron chi connectivity index (χ0n) is 34.9. The van der Waals surface area contributed by atoms with Gasteiger partial charge in [-0.15, -0.1) is 0 Å². The Hall–Kier alpha value is -7.88. The molecular formula is C60H43BN2. The minimum atomic E-state index is -0.00689. The van der Waals surface area contributed by atoms with Crippen LogP contribution in [0.25, 0.3) is 50.1 Å². The van der Waals surface area contributed by atoms with E-state index in [9.17, 15) is 0 Å². The maximum atomic E-state index is 2.68. The Labute approximate surface area is 370 Å². The molecule has 0 aromatic heterocycles. The van der Waals surface area contributed by atoms with E-state index < -0.39 is 0 Å². The van der Waals surface area contributed by atoms with E-state index in [-0.39, 0.29) is 12.8 Å². The number of benzene rings is 9. The van der Waals surface area contributed by atoms with Crippen molar-refractivity contribution >= 4 is 57.1 Å². The van der Waals surface area contributed by atoms with Gasteiger partial charge < -0.3 is 9.80 Å². The first-order valence-electron chi connectivity index (χ1n) is 22.1. The van der Waals surface area contributed by atoms with Crippen LogP contribution in [0.4, 0.5) is 28.4 Å². The molecule has 0 saturated heterocycles. The van der Waals surface area contributed by atoms with Crippen LogP contribution in [0.2, 0.25) is 0 Å². The molecule has 0 N–H and O–H groups in total. The average molecular weight is 803 g/mol. The number of anilines is 5. The Kier molecular flexibility index (Phi) is 9.11. The zero-order valence-corrected chi connectivity index (χ0v) is 34.9. The van der Waals surface area contributed by atoms with Gasteiger partial charge in [-0.3, -0.25) is 0 Å². The average Bonchev–Trinajstić information content (AvgIpc) is 3.37. The van der Waals surface area contributed by atoms with E-state index in [1.807, 2.05) is 0 Å². The van der Waals surface area contributed by atoms with E-state index in [1.165, 1.54) is 94.8 Å². The summed E-state index contributed by atoms with van der Waals surface area (Å²) in [5, 5.41) is 0. The van der Waals surface area contributed by atoms with Gasteiger partial charge in [0.1, 0.15) is 0 Å². The highest BCUT2D eigenvalue weighted by Gasteiger charge is 2.45. The third kappa shape index (κ3) is 6.44. The fourth-order valence-corrected chi connectivity index (χ4v) is 10.3. The van der Waals surface area contributed by atoms with Crippen LogP contribution in [-0.2, 0) is 0 Å². The van der Waals surface area contributed by atoms with Crippen molar-refractivity contribution < 1.29 is 0 Å². The molecule has 0 radical (unpaired) electrons. The van der Waals surface area contributed by atoms with E-state index in [2.05, 4.69) is 252 Å². The van der Waals surface area contributed by atoms with Gasteiger partial charge in [0.25, 0.3) is 6.71 Å². The predicted molar refractivity (Wildman–Crippen MR) is 268 cm³/mol. The van der Waals surface area contributed by atoms with E-state index in [4.69, 9.17) is 0 Å². The Balaban J connectivity index is 1.18. The standard InChI is InChI=1S/C60H43BN2/c1-6-19-42(20-7-1)47-29-18-30-51(37-47)62-56-38-48(43-21-8-2-9-22-43)33-35-53(56)61-54-36-34-49(44-23-10-3-11-24-44)39-57(54)63(55-32-17-16-31-52(55)46-27-14-5-15-28-46)59-41-50(40-58(62)60(59)61)45-25-12-4-13-26-45/h1-29,31-41,51H,30H2. The second-order valence-electron chi connectivity index (χ2n) is 16.8. The number of nitrogens with zero attached hydrogens (tertiary/aromatic N) is 2. The smallest absolute Gasteiger partial charge is 0.252 e. The number of allylic oxidation sites excluding steroid dienone is 2. The molecule has 0 amide bonds. The Morgan fingerprint density at radius 2 is 0.841 bits per heavy atom. The summed E-state index contributed by atoms with van der Waals surface area (Å²) in [7, 11) is 0. The fraction of sp³-hybridized carbons (Fsp3) is 0.0333. The molecular weight excluding hydrogens is 759 g/mol. The molecule has 0 fully saturated rings. The number of hydrogen-bond donors (Lipinski definition) is 0. The SMILES string of the molecule is C1=CC(c2ccccc2)=CC(N2c3cc(-c4ccccc4)ccc3B3c4ccc(-c5ccccc5)cc4N(c4ccccc4-c4ccccc4)c4cc(-c5ccccc5)cc2c43)C1. The largest absolute Gasteiger partial charge is 0.335 e. The van der Waals surface area contributed by atoms with E-state index in [0.29, 0.717) is 0 Å². The lowest BCUT2D eigenvalue weighted by Crippen LogP contribution is -2.62. The first-order valence-corrected chi connectivity index (χ1v) is 22.1. The van der Waals surface area contributed by atoms with Crippen LogP contribution in [0, 0.1) is 0 Å². The summed E-state index contributed by atoms with van der Waals surface area (Å²) in [4.78, 5) is 5.26. The van der Waals surface area contributed by atoms with Crippen molar-refractivity contribution in [1.82, 2.24) is 0 Å². The van der Waals surface area contributed by atoms with Gasteiger partial charge in [-0.1, -0.05) is 212 Å². The fourth-order valence-electron chi connectivity index (χ4n) is 10.3. The zero-order chi connectivity index (χ0) is 41.7. The van der Waals surface area contributed by atoms with E-state index in [1.54, 1.807) is 0 Å². The summed E-state index contributed by atoms with van der Waals surface area (Å²) in [6, 6.07) is 82.7.